The highest BCUT2D eigenvalue weighted by atomic mass is 16.5. The third-order valence-electron chi connectivity index (χ3n) is 4.28. The Labute approximate surface area is 141 Å². The van der Waals surface area contributed by atoms with Crippen LogP contribution in [0.25, 0.3) is 0 Å². The maximum atomic E-state index is 12.6. The lowest BCUT2D eigenvalue weighted by Gasteiger charge is -2.31. The fourth-order valence-electron chi connectivity index (χ4n) is 2.87. The van der Waals surface area contributed by atoms with Gasteiger partial charge in [-0.3, -0.25) is 9.78 Å². The van der Waals surface area contributed by atoms with E-state index >= 15 is 0 Å². The lowest BCUT2D eigenvalue weighted by Crippen LogP contribution is -2.40. The van der Waals surface area contributed by atoms with Crippen molar-refractivity contribution in [2.24, 2.45) is 0 Å². The van der Waals surface area contributed by atoms with Gasteiger partial charge in [0.25, 0.3) is 5.95 Å². The number of aryl methyl sites for hydroxylation is 1. The van der Waals surface area contributed by atoms with Crippen molar-refractivity contribution in [1.29, 1.82) is 0 Å². The highest BCUT2D eigenvalue weighted by Gasteiger charge is 2.28. The molecule has 3 rings (SSSR count). The Morgan fingerprint density at radius 3 is 2.92 bits per heavy atom. The summed E-state index contributed by atoms with van der Waals surface area (Å²) in [5.74, 6) is 1.42. The van der Waals surface area contributed by atoms with Crippen molar-refractivity contribution >= 4 is 11.9 Å². The Bertz CT molecular complexity index is 695. The average Bonchev–Trinajstić information content (AvgIpc) is 3.07. The molecule has 7 nitrogen and oxygen atoms in total. The smallest absolute Gasteiger partial charge is 0.265 e. The van der Waals surface area contributed by atoms with Crippen LogP contribution in [0.15, 0.2) is 22.9 Å². The molecule has 3 heterocycles. The van der Waals surface area contributed by atoms with E-state index in [4.69, 9.17) is 4.52 Å². The number of carbonyl (C=O) groups is 1. The van der Waals surface area contributed by atoms with Crippen LogP contribution in [-0.4, -0.2) is 53.1 Å². The fraction of sp³-hybridized carbons (Fsp3) is 0.529. The van der Waals surface area contributed by atoms with E-state index in [0.29, 0.717) is 24.8 Å². The summed E-state index contributed by atoms with van der Waals surface area (Å²) in [6.07, 6.45) is 4.07. The summed E-state index contributed by atoms with van der Waals surface area (Å²) in [5, 5.41) is 3.96. The molecule has 0 saturated carbocycles. The maximum Gasteiger partial charge on any atom is 0.265 e. The monoisotopic (exact) mass is 329 g/mol. The lowest BCUT2D eigenvalue weighted by atomic mass is 9.97. The van der Waals surface area contributed by atoms with Crippen molar-refractivity contribution in [3.8, 4) is 0 Å². The van der Waals surface area contributed by atoms with Gasteiger partial charge in [0, 0.05) is 39.1 Å². The number of anilines is 1. The van der Waals surface area contributed by atoms with Gasteiger partial charge in [-0.25, -0.2) is 0 Å². The van der Waals surface area contributed by atoms with E-state index in [1.807, 2.05) is 43.0 Å². The van der Waals surface area contributed by atoms with Gasteiger partial charge in [-0.2, -0.15) is 4.98 Å². The summed E-state index contributed by atoms with van der Waals surface area (Å²) in [6.45, 7) is 3.35. The summed E-state index contributed by atoms with van der Waals surface area (Å²) >= 11 is 0. The first-order valence-corrected chi connectivity index (χ1v) is 8.23. The standard InChI is InChI=1S/C17H23N5O2/c1-12-6-7-13(10-18-12)9-15(23)22-8-4-5-14(11-22)16-19-17(20-24-16)21(2)3/h6-7,10,14H,4-5,8-9,11H2,1-3H3/t14-/m1/s1. The zero-order chi connectivity index (χ0) is 17.1. The minimum Gasteiger partial charge on any atom is -0.344 e. The highest BCUT2D eigenvalue weighted by molar-refractivity contribution is 5.78. The van der Waals surface area contributed by atoms with Crippen LogP contribution in [0.1, 0.15) is 35.9 Å². The molecule has 0 spiro atoms. The molecule has 2 aromatic rings. The third-order valence-corrected chi connectivity index (χ3v) is 4.28. The topological polar surface area (TPSA) is 75.4 Å². The van der Waals surface area contributed by atoms with Crippen molar-refractivity contribution in [3.05, 3.63) is 35.5 Å². The second kappa shape index (κ2) is 6.98. The van der Waals surface area contributed by atoms with Crippen molar-refractivity contribution in [1.82, 2.24) is 20.0 Å². The van der Waals surface area contributed by atoms with E-state index in [2.05, 4.69) is 15.1 Å². The highest BCUT2D eigenvalue weighted by Crippen LogP contribution is 2.27. The molecule has 0 aromatic carbocycles. The minimum absolute atomic E-state index is 0.111. The minimum atomic E-state index is 0.111. The number of piperidine rings is 1. The number of likely N-dealkylation sites (tertiary alicyclic amines) is 1. The molecule has 7 heteroatoms. The number of rotatable bonds is 4. The van der Waals surface area contributed by atoms with Gasteiger partial charge in [-0.1, -0.05) is 6.07 Å². The first-order chi connectivity index (χ1) is 11.5. The summed E-state index contributed by atoms with van der Waals surface area (Å²) in [7, 11) is 3.75. The van der Waals surface area contributed by atoms with Gasteiger partial charge in [0.1, 0.15) is 0 Å². The van der Waals surface area contributed by atoms with Gasteiger partial charge in [-0.15, -0.1) is 0 Å². The molecule has 0 unspecified atom stereocenters. The number of hydrogen-bond acceptors (Lipinski definition) is 6. The van der Waals surface area contributed by atoms with E-state index in [1.54, 1.807) is 6.20 Å². The van der Waals surface area contributed by atoms with E-state index in [9.17, 15) is 4.79 Å². The molecular formula is C17H23N5O2. The first-order valence-electron chi connectivity index (χ1n) is 8.23. The predicted molar refractivity (Wildman–Crippen MR) is 89.9 cm³/mol. The van der Waals surface area contributed by atoms with Crippen molar-refractivity contribution in [2.45, 2.75) is 32.1 Å². The van der Waals surface area contributed by atoms with Crippen molar-refractivity contribution < 1.29 is 9.32 Å². The third kappa shape index (κ3) is 3.72. The fourth-order valence-corrected chi connectivity index (χ4v) is 2.87. The van der Waals surface area contributed by atoms with Crippen LogP contribution in [-0.2, 0) is 11.2 Å². The summed E-state index contributed by atoms with van der Waals surface area (Å²) in [4.78, 5) is 24.9. The van der Waals surface area contributed by atoms with Crippen LogP contribution in [0.4, 0.5) is 5.95 Å². The Kier molecular flexibility index (Phi) is 4.78. The Balaban J connectivity index is 1.63. The summed E-state index contributed by atoms with van der Waals surface area (Å²) in [5.41, 5.74) is 1.90. The van der Waals surface area contributed by atoms with Crippen LogP contribution >= 0.6 is 0 Å². The van der Waals surface area contributed by atoms with Gasteiger partial charge in [0.15, 0.2) is 0 Å². The van der Waals surface area contributed by atoms with E-state index < -0.39 is 0 Å². The Morgan fingerprint density at radius 1 is 1.42 bits per heavy atom. The maximum absolute atomic E-state index is 12.6. The summed E-state index contributed by atoms with van der Waals surface area (Å²) < 4.78 is 5.37. The van der Waals surface area contributed by atoms with Crippen molar-refractivity contribution in [3.63, 3.8) is 0 Å². The second-order valence-electron chi connectivity index (χ2n) is 6.49. The number of amides is 1. The van der Waals surface area contributed by atoms with Gasteiger partial charge in [-0.05, 0) is 36.6 Å². The Hall–Kier alpha value is -2.44. The normalized spacial score (nSPS) is 17.8. The zero-order valence-corrected chi connectivity index (χ0v) is 14.4. The number of pyridine rings is 1. The Morgan fingerprint density at radius 2 is 2.25 bits per heavy atom. The quantitative estimate of drug-likeness (QED) is 0.851. The largest absolute Gasteiger partial charge is 0.344 e. The van der Waals surface area contributed by atoms with Crippen LogP contribution < -0.4 is 4.90 Å². The van der Waals surface area contributed by atoms with E-state index in [-0.39, 0.29) is 11.8 Å². The van der Waals surface area contributed by atoms with Crippen molar-refractivity contribution in [2.75, 3.05) is 32.1 Å². The first kappa shape index (κ1) is 16.4. The predicted octanol–water partition coefficient (Wildman–Crippen LogP) is 1.79. The molecule has 24 heavy (non-hydrogen) atoms. The molecule has 1 amide bonds. The molecular weight excluding hydrogens is 306 g/mol. The van der Waals surface area contributed by atoms with E-state index in [0.717, 1.165) is 30.6 Å². The molecule has 0 N–H and O–H groups in total. The summed E-state index contributed by atoms with van der Waals surface area (Å²) in [6, 6.07) is 3.89. The van der Waals surface area contributed by atoms with Crippen LogP contribution in [0.5, 0.6) is 0 Å². The SMILES string of the molecule is Cc1ccc(CC(=O)N2CCC[C@@H](c3nc(N(C)C)no3)C2)cn1. The zero-order valence-electron chi connectivity index (χ0n) is 14.4. The molecule has 1 aliphatic rings. The van der Waals surface area contributed by atoms with Crippen LogP contribution in [0.3, 0.4) is 0 Å². The molecule has 0 radical (unpaired) electrons. The molecule has 1 fully saturated rings. The average molecular weight is 329 g/mol. The molecule has 128 valence electrons. The van der Waals surface area contributed by atoms with Crippen LogP contribution in [0.2, 0.25) is 0 Å². The number of carbonyl (C=O) groups excluding carboxylic acids is 1. The number of nitrogens with zero attached hydrogens (tertiary/aromatic N) is 5. The lowest BCUT2D eigenvalue weighted by molar-refractivity contribution is -0.131. The van der Waals surface area contributed by atoms with Gasteiger partial charge >= 0.3 is 0 Å². The molecule has 1 aliphatic heterocycles. The number of aromatic nitrogens is 3. The molecule has 1 atom stereocenters. The van der Waals surface area contributed by atoms with Gasteiger partial charge in [0.05, 0.1) is 12.3 Å². The molecule has 0 bridgehead atoms. The second-order valence-corrected chi connectivity index (χ2v) is 6.49. The molecule has 2 aromatic heterocycles. The van der Waals surface area contributed by atoms with Gasteiger partial charge in [0.2, 0.25) is 11.8 Å². The van der Waals surface area contributed by atoms with Crippen LogP contribution in [0, 0.1) is 6.92 Å². The molecule has 0 aliphatic carbocycles. The van der Waals surface area contributed by atoms with Gasteiger partial charge < -0.3 is 14.3 Å². The molecule has 1 saturated heterocycles. The van der Waals surface area contributed by atoms with E-state index in [1.165, 1.54) is 0 Å². The number of hydrogen-bond donors (Lipinski definition) is 0.